The Balaban J connectivity index is 1.75. The summed E-state index contributed by atoms with van der Waals surface area (Å²) in [6.45, 7) is 0.834. The lowest BCUT2D eigenvalue weighted by atomic mass is 10.0. The van der Waals surface area contributed by atoms with Crippen molar-refractivity contribution in [2.75, 3.05) is 6.61 Å². The number of ketones is 1. The van der Waals surface area contributed by atoms with Gasteiger partial charge in [0.2, 0.25) is 0 Å². The van der Waals surface area contributed by atoms with Gasteiger partial charge in [-0.3, -0.25) is 9.89 Å². The number of carbonyl (C=O) groups excluding carboxylic acids is 1. The number of hydrogen-bond donors (Lipinski definition) is 1. The molecule has 1 aromatic rings. The zero-order valence-electron chi connectivity index (χ0n) is 8.61. The average Bonchev–Trinajstić information content (AvgIpc) is 2.81. The Labute approximate surface area is 88.2 Å². The number of nitrogens with zero attached hydrogens (tertiary/aromatic N) is 2. The maximum absolute atomic E-state index is 11.6. The second kappa shape index (κ2) is 5.02. The molecule has 1 unspecified atom stereocenters. The van der Waals surface area contributed by atoms with Gasteiger partial charge in [0.05, 0.1) is 6.10 Å². The van der Waals surface area contributed by atoms with Crippen LogP contribution in [0.1, 0.15) is 42.7 Å². The summed E-state index contributed by atoms with van der Waals surface area (Å²) in [5.41, 5.74) is 0. The van der Waals surface area contributed by atoms with E-state index in [-0.39, 0.29) is 11.9 Å². The molecule has 1 aromatic heterocycles. The van der Waals surface area contributed by atoms with E-state index in [0.29, 0.717) is 12.2 Å². The molecule has 1 saturated heterocycles. The molecule has 0 radical (unpaired) electrons. The molecule has 5 nitrogen and oxygen atoms in total. The predicted molar refractivity (Wildman–Crippen MR) is 53.5 cm³/mol. The summed E-state index contributed by atoms with van der Waals surface area (Å²) in [5, 5.41) is 6.22. The molecular formula is C10H15N3O2. The number of rotatable bonds is 4. The van der Waals surface area contributed by atoms with Gasteiger partial charge in [-0.1, -0.05) is 0 Å². The predicted octanol–water partition coefficient (Wildman–Crippen LogP) is 1.34. The minimum Gasteiger partial charge on any atom is -0.378 e. The fourth-order valence-corrected chi connectivity index (χ4v) is 1.79. The number of aromatic nitrogens is 3. The molecule has 0 saturated carbocycles. The van der Waals surface area contributed by atoms with Gasteiger partial charge in [-0.25, -0.2) is 4.98 Å². The normalized spacial score (nSPS) is 21.5. The number of Topliss-reactive ketones (excluding diaryl/α,β-unsaturated/α-hetero) is 1. The molecule has 1 fully saturated rings. The van der Waals surface area contributed by atoms with Crippen LogP contribution in [0.4, 0.5) is 0 Å². The number of aromatic amines is 1. The van der Waals surface area contributed by atoms with Gasteiger partial charge in [-0.2, -0.15) is 5.10 Å². The van der Waals surface area contributed by atoms with Crippen LogP contribution in [-0.2, 0) is 4.74 Å². The molecule has 0 bridgehead atoms. The van der Waals surface area contributed by atoms with Crippen LogP contribution in [0.25, 0.3) is 0 Å². The number of nitrogens with one attached hydrogen (secondary N) is 1. The van der Waals surface area contributed by atoms with Crippen molar-refractivity contribution in [3.63, 3.8) is 0 Å². The third-order valence-corrected chi connectivity index (χ3v) is 2.65. The molecule has 15 heavy (non-hydrogen) atoms. The van der Waals surface area contributed by atoms with E-state index in [2.05, 4.69) is 15.2 Å². The minimum absolute atomic E-state index is 0.0154. The second-order valence-electron chi connectivity index (χ2n) is 3.78. The zero-order valence-corrected chi connectivity index (χ0v) is 8.61. The summed E-state index contributed by atoms with van der Waals surface area (Å²) < 4.78 is 5.55. The van der Waals surface area contributed by atoms with Crippen LogP contribution in [0, 0.1) is 0 Å². The van der Waals surface area contributed by atoms with E-state index in [0.717, 1.165) is 25.9 Å². The van der Waals surface area contributed by atoms with Gasteiger partial charge in [-0.15, -0.1) is 0 Å². The van der Waals surface area contributed by atoms with Crippen molar-refractivity contribution in [2.45, 2.75) is 38.2 Å². The van der Waals surface area contributed by atoms with Crippen molar-refractivity contribution in [1.29, 1.82) is 0 Å². The van der Waals surface area contributed by atoms with Crippen molar-refractivity contribution < 1.29 is 9.53 Å². The van der Waals surface area contributed by atoms with Gasteiger partial charge in [0, 0.05) is 13.0 Å². The van der Waals surface area contributed by atoms with E-state index >= 15 is 0 Å². The Bertz CT molecular complexity index is 304. The summed E-state index contributed by atoms with van der Waals surface area (Å²) in [7, 11) is 0. The molecule has 0 aliphatic carbocycles. The average molecular weight is 209 g/mol. The maximum atomic E-state index is 11.6. The molecule has 0 spiro atoms. The highest BCUT2D eigenvalue weighted by Crippen LogP contribution is 2.17. The summed E-state index contributed by atoms with van der Waals surface area (Å²) >= 11 is 0. The molecule has 0 amide bonds. The lowest BCUT2D eigenvalue weighted by Crippen LogP contribution is -2.20. The van der Waals surface area contributed by atoms with Gasteiger partial charge in [0.25, 0.3) is 0 Å². The Morgan fingerprint density at radius 3 is 3.20 bits per heavy atom. The Morgan fingerprint density at radius 1 is 1.60 bits per heavy atom. The first kappa shape index (κ1) is 10.3. The van der Waals surface area contributed by atoms with Crippen LogP contribution in [0.3, 0.4) is 0 Å². The monoisotopic (exact) mass is 209 g/mol. The summed E-state index contributed by atoms with van der Waals surface area (Å²) in [4.78, 5) is 15.4. The third-order valence-electron chi connectivity index (χ3n) is 2.65. The largest absolute Gasteiger partial charge is 0.378 e. The fourth-order valence-electron chi connectivity index (χ4n) is 1.79. The van der Waals surface area contributed by atoms with E-state index in [1.54, 1.807) is 0 Å². The Hall–Kier alpha value is -1.23. The van der Waals surface area contributed by atoms with Gasteiger partial charge in [0.15, 0.2) is 11.6 Å². The van der Waals surface area contributed by atoms with Gasteiger partial charge < -0.3 is 4.74 Å². The topological polar surface area (TPSA) is 67.9 Å². The smallest absolute Gasteiger partial charge is 0.199 e. The van der Waals surface area contributed by atoms with Crippen LogP contribution < -0.4 is 0 Å². The number of ether oxygens (including phenoxy) is 1. The standard InChI is InChI=1S/C10H15N3O2/c14-9(10-11-7-12-13-10)5-4-8-3-1-2-6-15-8/h7-8H,1-6H2,(H,11,12,13). The molecule has 0 aromatic carbocycles. The quantitative estimate of drug-likeness (QED) is 0.760. The Morgan fingerprint density at radius 2 is 2.53 bits per heavy atom. The second-order valence-corrected chi connectivity index (χ2v) is 3.78. The molecular weight excluding hydrogens is 194 g/mol. The van der Waals surface area contributed by atoms with Crippen molar-refractivity contribution in [3.05, 3.63) is 12.2 Å². The van der Waals surface area contributed by atoms with E-state index in [9.17, 15) is 4.79 Å². The molecule has 1 aliphatic heterocycles. The van der Waals surface area contributed by atoms with Crippen molar-refractivity contribution in [1.82, 2.24) is 15.2 Å². The third kappa shape index (κ3) is 2.86. The Kier molecular flexibility index (Phi) is 3.45. The minimum atomic E-state index is 0.0154. The molecule has 82 valence electrons. The SMILES string of the molecule is O=C(CCC1CCCCO1)c1ncn[nH]1. The van der Waals surface area contributed by atoms with E-state index in [1.165, 1.54) is 12.7 Å². The van der Waals surface area contributed by atoms with Crippen molar-refractivity contribution >= 4 is 5.78 Å². The van der Waals surface area contributed by atoms with Crippen molar-refractivity contribution in [2.24, 2.45) is 0 Å². The lowest BCUT2D eigenvalue weighted by Gasteiger charge is -2.21. The first-order chi connectivity index (χ1) is 7.36. The van der Waals surface area contributed by atoms with Gasteiger partial charge >= 0.3 is 0 Å². The molecule has 1 N–H and O–H groups in total. The van der Waals surface area contributed by atoms with Crippen LogP contribution >= 0.6 is 0 Å². The maximum Gasteiger partial charge on any atom is 0.199 e. The zero-order chi connectivity index (χ0) is 10.5. The highest BCUT2D eigenvalue weighted by Gasteiger charge is 2.16. The van der Waals surface area contributed by atoms with Crippen LogP contribution in [0.15, 0.2) is 6.33 Å². The summed E-state index contributed by atoms with van der Waals surface area (Å²) in [6.07, 6.45) is 6.31. The van der Waals surface area contributed by atoms with E-state index in [4.69, 9.17) is 4.74 Å². The van der Waals surface area contributed by atoms with Crippen LogP contribution in [-0.4, -0.2) is 33.7 Å². The number of hydrogen-bond acceptors (Lipinski definition) is 4. The molecule has 5 heteroatoms. The first-order valence-electron chi connectivity index (χ1n) is 5.36. The van der Waals surface area contributed by atoms with Crippen LogP contribution in [0.5, 0.6) is 0 Å². The highest BCUT2D eigenvalue weighted by atomic mass is 16.5. The molecule has 2 rings (SSSR count). The first-order valence-corrected chi connectivity index (χ1v) is 5.36. The van der Waals surface area contributed by atoms with Crippen molar-refractivity contribution in [3.8, 4) is 0 Å². The van der Waals surface area contributed by atoms with E-state index in [1.807, 2.05) is 0 Å². The molecule has 2 heterocycles. The number of H-pyrrole nitrogens is 1. The van der Waals surface area contributed by atoms with Crippen LogP contribution in [0.2, 0.25) is 0 Å². The number of carbonyl (C=O) groups is 1. The van der Waals surface area contributed by atoms with Gasteiger partial charge in [0.1, 0.15) is 6.33 Å². The summed E-state index contributed by atoms with van der Waals surface area (Å²) in [5.74, 6) is 0.368. The van der Waals surface area contributed by atoms with Gasteiger partial charge in [-0.05, 0) is 25.7 Å². The highest BCUT2D eigenvalue weighted by molar-refractivity contribution is 5.92. The fraction of sp³-hybridized carbons (Fsp3) is 0.700. The molecule has 1 aliphatic rings. The molecule has 1 atom stereocenters. The van der Waals surface area contributed by atoms with E-state index < -0.39 is 0 Å². The lowest BCUT2D eigenvalue weighted by molar-refractivity contribution is 0.0104. The summed E-state index contributed by atoms with van der Waals surface area (Å²) in [6, 6.07) is 0.